The Labute approximate surface area is 233 Å². The van der Waals surface area contributed by atoms with Crippen LogP contribution < -0.4 is 10.1 Å². The van der Waals surface area contributed by atoms with Crippen LogP contribution in [0.5, 0.6) is 5.75 Å². The van der Waals surface area contributed by atoms with E-state index in [-0.39, 0.29) is 24.5 Å². The molecule has 0 spiro atoms. The maximum absolute atomic E-state index is 13.8. The average molecular weight is 611 g/mol. The molecule has 1 aliphatic carbocycles. The predicted molar refractivity (Wildman–Crippen MR) is 155 cm³/mol. The Morgan fingerprint density at radius 3 is 2.32 bits per heavy atom. The van der Waals surface area contributed by atoms with Crippen LogP contribution in [0.25, 0.3) is 0 Å². The Kier molecular flexibility index (Phi) is 9.99. The average Bonchev–Trinajstić information content (AvgIpc) is 2.92. The minimum Gasteiger partial charge on any atom is -0.484 e. The first kappa shape index (κ1) is 27.2. The lowest BCUT2D eigenvalue weighted by molar-refractivity contribution is -0.143. The summed E-state index contributed by atoms with van der Waals surface area (Å²) >= 11 is 2.24. The van der Waals surface area contributed by atoms with Crippen LogP contribution >= 0.6 is 22.6 Å². The highest BCUT2D eigenvalue weighted by molar-refractivity contribution is 14.1. The van der Waals surface area contributed by atoms with Crippen LogP contribution in [0, 0.1) is 10.5 Å². The molecule has 0 aliphatic heterocycles. The van der Waals surface area contributed by atoms with Crippen molar-refractivity contribution in [3.63, 3.8) is 0 Å². The number of carbonyl (C=O) groups excluding carboxylic acids is 2. The molecule has 0 unspecified atom stereocenters. The maximum atomic E-state index is 13.8. The molecule has 0 radical (unpaired) electrons. The summed E-state index contributed by atoms with van der Waals surface area (Å²) in [5.74, 6) is 0.337. The van der Waals surface area contributed by atoms with Gasteiger partial charge in [0.25, 0.3) is 5.91 Å². The van der Waals surface area contributed by atoms with Gasteiger partial charge in [0.2, 0.25) is 5.91 Å². The Bertz CT molecular complexity index is 1160. The molecule has 1 N–H and O–H groups in total. The summed E-state index contributed by atoms with van der Waals surface area (Å²) < 4.78 is 6.97. The molecule has 1 aliphatic rings. The van der Waals surface area contributed by atoms with Gasteiger partial charge in [-0.15, -0.1) is 0 Å². The van der Waals surface area contributed by atoms with Crippen molar-refractivity contribution >= 4 is 34.4 Å². The quantitative estimate of drug-likeness (QED) is 0.284. The van der Waals surface area contributed by atoms with E-state index in [4.69, 9.17) is 4.74 Å². The van der Waals surface area contributed by atoms with Gasteiger partial charge in [-0.25, -0.2) is 0 Å². The zero-order valence-electron chi connectivity index (χ0n) is 21.4. The van der Waals surface area contributed by atoms with Gasteiger partial charge in [0.05, 0.1) is 0 Å². The Balaban J connectivity index is 1.61. The van der Waals surface area contributed by atoms with Crippen molar-refractivity contribution in [2.75, 3.05) is 6.61 Å². The molecule has 6 heteroatoms. The van der Waals surface area contributed by atoms with E-state index >= 15 is 0 Å². The molecule has 0 aromatic heterocycles. The summed E-state index contributed by atoms with van der Waals surface area (Å²) in [6, 6.07) is 25.1. The van der Waals surface area contributed by atoms with E-state index in [2.05, 4.69) is 27.9 Å². The highest BCUT2D eigenvalue weighted by Crippen LogP contribution is 2.21. The molecule has 1 saturated carbocycles. The topological polar surface area (TPSA) is 58.6 Å². The number of hydrogen-bond donors (Lipinski definition) is 1. The molecule has 194 valence electrons. The van der Waals surface area contributed by atoms with Gasteiger partial charge in [-0.2, -0.15) is 0 Å². The molecule has 5 nitrogen and oxygen atoms in total. The monoisotopic (exact) mass is 610 g/mol. The fraction of sp³-hybridized carbons (Fsp3) is 0.355. The van der Waals surface area contributed by atoms with Crippen molar-refractivity contribution in [2.45, 2.75) is 64.1 Å². The van der Waals surface area contributed by atoms with E-state index in [1.165, 1.54) is 6.42 Å². The minimum absolute atomic E-state index is 0.0908. The van der Waals surface area contributed by atoms with Crippen molar-refractivity contribution in [2.24, 2.45) is 0 Å². The molecule has 3 aromatic rings. The fourth-order valence-electron chi connectivity index (χ4n) is 4.83. The SMILES string of the molecule is Cc1ccccc1CN(C(=O)COc1ccc(I)cc1)[C@H](Cc1ccccc1)C(=O)NC1CCCCC1. The van der Waals surface area contributed by atoms with E-state index in [1.54, 1.807) is 4.90 Å². The van der Waals surface area contributed by atoms with Crippen molar-refractivity contribution in [1.29, 1.82) is 0 Å². The van der Waals surface area contributed by atoms with Crippen LogP contribution in [0.1, 0.15) is 48.8 Å². The van der Waals surface area contributed by atoms with Crippen LogP contribution in [0.4, 0.5) is 0 Å². The van der Waals surface area contributed by atoms with E-state index in [1.807, 2.05) is 85.8 Å². The smallest absolute Gasteiger partial charge is 0.261 e. The second-order valence-corrected chi connectivity index (χ2v) is 11.0. The maximum Gasteiger partial charge on any atom is 0.261 e. The third kappa shape index (κ3) is 8.06. The highest BCUT2D eigenvalue weighted by Gasteiger charge is 2.32. The third-order valence-electron chi connectivity index (χ3n) is 7.00. The van der Waals surface area contributed by atoms with Gasteiger partial charge in [0.15, 0.2) is 6.61 Å². The van der Waals surface area contributed by atoms with Gasteiger partial charge in [0, 0.05) is 22.6 Å². The normalized spacial score (nSPS) is 14.5. The van der Waals surface area contributed by atoms with Crippen molar-refractivity contribution in [3.05, 3.63) is 99.1 Å². The summed E-state index contributed by atoms with van der Waals surface area (Å²) in [5.41, 5.74) is 3.13. The second kappa shape index (κ2) is 13.6. The summed E-state index contributed by atoms with van der Waals surface area (Å²) in [4.78, 5) is 29.3. The number of benzene rings is 3. The standard InChI is InChI=1S/C31H35IN2O3/c1-23-10-8-9-13-25(23)21-34(30(35)22-37-28-18-16-26(32)17-19-28)29(20-24-11-4-2-5-12-24)31(36)33-27-14-6-3-7-15-27/h2,4-5,8-13,16-19,27,29H,3,6-7,14-15,20-22H2,1H3,(H,33,36)/t29-/m1/s1. The largest absolute Gasteiger partial charge is 0.484 e. The highest BCUT2D eigenvalue weighted by atomic mass is 127. The lowest BCUT2D eigenvalue weighted by Crippen LogP contribution is -2.53. The number of amides is 2. The van der Waals surface area contributed by atoms with E-state index in [9.17, 15) is 9.59 Å². The number of hydrogen-bond acceptors (Lipinski definition) is 3. The molecule has 37 heavy (non-hydrogen) atoms. The van der Waals surface area contributed by atoms with Crippen LogP contribution in [-0.4, -0.2) is 35.4 Å². The summed E-state index contributed by atoms with van der Waals surface area (Å²) in [6.45, 7) is 2.25. The molecule has 1 atom stereocenters. The summed E-state index contributed by atoms with van der Waals surface area (Å²) in [6.07, 6.45) is 5.90. The minimum atomic E-state index is -0.642. The van der Waals surface area contributed by atoms with Crippen molar-refractivity contribution in [3.8, 4) is 5.75 Å². The lowest BCUT2D eigenvalue weighted by atomic mass is 9.94. The van der Waals surface area contributed by atoms with Gasteiger partial charge in [-0.05, 0) is 83.3 Å². The number of aryl methyl sites for hydroxylation is 1. The molecule has 0 saturated heterocycles. The van der Waals surface area contributed by atoms with Crippen LogP contribution in [0.2, 0.25) is 0 Å². The first-order valence-electron chi connectivity index (χ1n) is 13.1. The van der Waals surface area contributed by atoms with E-state index in [0.717, 1.165) is 45.9 Å². The van der Waals surface area contributed by atoms with Crippen molar-refractivity contribution < 1.29 is 14.3 Å². The summed E-state index contributed by atoms with van der Waals surface area (Å²) in [5, 5.41) is 3.28. The number of rotatable bonds is 10. The number of nitrogens with zero attached hydrogens (tertiary/aromatic N) is 1. The Morgan fingerprint density at radius 2 is 1.62 bits per heavy atom. The van der Waals surface area contributed by atoms with Gasteiger partial charge < -0.3 is 15.0 Å². The summed E-state index contributed by atoms with van der Waals surface area (Å²) in [7, 11) is 0. The van der Waals surface area contributed by atoms with E-state index in [0.29, 0.717) is 18.7 Å². The van der Waals surface area contributed by atoms with Gasteiger partial charge in [0.1, 0.15) is 11.8 Å². The van der Waals surface area contributed by atoms with Crippen LogP contribution in [-0.2, 0) is 22.6 Å². The van der Waals surface area contributed by atoms with Crippen LogP contribution in [0.15, 0.2) is 78.9 Å². The van der Waals surface area contributed by atoms with Gasteiger partial charge in [-0.1, -0.05) is 73.9 Å². The third-order valence-corrected chi connectivity index (χ3v) is 7.72. The molecule has 4 rings (SSSR count). The lowest BCUT2D eigenvalue weighted by Gasteiger charge is -2.33. The molecule has 1 fully saturated rings. The fourth-order valence-corrected chi connectivity index (χ4v) is 5.19. The number of nitrogens with one attached hydrogen (secondary N) is 1. The zero-order valence-corrected chi connectivity index (χ0v) is 23.5. The molecular formula is C31H35IN2O3. The van der Waals surface area contributed by atoms with Gasteiger partial charge >= 0.3 is 0 Å². The number of ether oxygens (including phenoxy) is 1. The Hall–Kier alpha value is -2.87. The van der Waals surface area contributed by atoms with E-state index < -0.39 is 6.04 Å². The zero-order chi connectivity index (χ0) is 26.0. The Morgan fingerprint density at radius 1 is 0.946 bits per heavy atom. The number of halogens is 1. The number of carbonyl (C=O) groups is 2. The first-order chi connectivity index (χ1) is 18.0. The van der Waals surface area contributed by atoms with Gasteiger partial charge in [-0.3, -0.25) is 9.59 Å². The molecule has 0 bridgehead atoms. The first-order valence-corrected chi connectivity index (χ1v) is 14.1. The molecular weight excluding hydrogens is 575 g/mol. The predicted octanol–water partition coefficient (Wildman–Crippen LogP) is 6.07. The molecule has 3 aromatic carbocycles. The molecule has 2 amide bonds. The van der Waals surface area contributed by atoms with Crippen molar-refractivity contribution in [1.82, 2.24) is 10.2 Å². The second-order valence-electron chi connectivity index (χ2n) is 9.74. The molecule has 0 heterocycles. The van der Waals surface area contributed by atoms with Crippen LogP contribution in [0.3, 0.4) is 0 Å².